The molecule has 16 heavy (non-hydrogen) atoms. The van der Waals surface area contributed by atoms with E-state index in [1.807, 2.05) is 0 Å². The molecule has 90 valence electrons. The smallest absolute Gasteiger partial charge is 0.157 e. The highest BCUT2D eigenvalue weighted by molar-refractivity contribution is 5.85. The Morgan fingerprint density at radius 3 is 3.00 bits per heavy atom. The molecule has 6 heteroatoms. The third-order valence-corrected chi connectivity index (χ3v) is 2.41. The van der Waals surface area contributed by atoms with Gasteiger partial charge >= 0.3 is 0 Å². The monoisotopic (exact) mass is 226 g/mol. The second kappa shape index (κ2) is 6.34. The van der Waals surface area contributed by atoms with E-state index < -0.39 is 6.04 Å². The zero-order valence-corrected chi connectivity index (χ0v) is 9.72. The van der Waals surface area contributed by atoms with Gasteiger partial charge < -0.3 is 10.5 Å². The molecule has 0 spiro atoms. The lowest BCUT2D eigenvalue weighted by Gasteiger charge is -2.09. The van der Waals surface area contributed by atoms with E-state index in [0.29, 0.717) is 18.9 Å². The number of nitrogens with zero attached hydrogens (tertiary/aromatic N) is 3. The molecule has 1 atom stereocenters. The van der Waals surface area contributed by atoms with Crippen LogP contribution in [0, 0.1) is 0 Å². The highest BCUT2D eigenvalue weighted by Gasteiger charge is 2.15. The molecule has 0 saturated carbocycles. The van der Waals surface area contributed by atoms with Crippen LogP contribution in [-0.2, 0) is 23.0 Å². The normalized spacial score (nSPS) is 12.7. The molecule has 1 heterocycles. The summed E-state index contributed by atoms with van der Waals surface area (Å²) in [7, 11) is 3.39. The van der Waals surface area contributed by atoms with Crippen LogP contribution in [0.2, 0.25) is 0 Å². The van der Waals surface area contributed by atoms with Gasteiger partial charge in [0.15, 0.2) is 5.78 Å². The summed E-state index contributed by atoms with van der Waals surface area (Å²) in [5.41, 5.74) is 5.76. The fourth-order valence-corrected chi connectivity index (χ4v) is 1.38. The standard InChI is InChI=1S/C10H18N4O2/c1-14-10(12-7-13-14)6-9(15)8(11)4-3-5-16-2/h7-8H,3-6,11H2,1-2H3. The second-order valence-electron chi connectivity index (χ2n) is 3.68. The van der Waals surface area contributed by atoms with E-state index in [1.165, 1.54) is 6.33 Å². The first-order chi connectivity index (χ1) is 7.65. The van der Waals surface area contributed by atoms with Crippen molar-refractivity contribution in [3.63, 3.8) is 0 Å². The fourth-order valence-electron chi connectivity index (χ4n) is 1.38. The minimum Gasteiger partial charge on any atom is -0.385 e. The molecular weight excluding hydrogens is 208 g/mol. The molecule has 0 amide bonds. The van der Waals surface area contributed by atoms with Crippen molar-refractivity contribution in [3.05, 3.63) is 12.2 Å². The van der Waals surface area contributed by atoms with Gasteiger partial charge in [0.05, 0.1) is 12.5 Å². The predicted molar refractivity (Wildman–Crippen MR) is 58.8 cm³/mol. The van der Waals surface area contributed by atoms with E-state index in [0.717, 1.165) is 6.42 Å². The van der Waals surface area contributed by atoms with Gasteiger partial charge in [-0.3, -0.25) is 9.48 Å². The maximum Gasteiger partial charge on any atom is 0.157 e. The van der Waals surface area contributed by atoms with Gasteiger partial charge in [0.25, 0.3) is 0 Å². The van der Waals surface area contributed by atoms with Crippen molar-refractivity contribution in [1.82, 2.24) is 14.8 Å². The Hall–Kier alpha value is -1.27. The van der Waals surface area contributed by atoms with Crippen molar-refractivity contribution >= 4 is 5.78 Å². The molecule has 0 aliphatic carbocycles. The topological polar surface area (TPSA) is 83.0 Å². The largest absolute Gasteiger partial charge is 0.385 e. The van der Waals surface area contributed by atoms with Crippen molar-refractivity contribution in [3.8, 4) is 0 Å². The summed E-state index contributed by atoms with van der Waals surface area (Å²) in [6.07, 6.45) is 3.11. The lowest BCUT2D eigenvalue weighted by Crippen LogP contribution is -2.32. The molecule has 2 N–H and O–H groups in total. The molecule has 0 bridgehead atoms. The lowest BCUT2D eigenvalue weighted by molar-refractivity contribution is -0.120. The van der Waals surface area contributed by atoms with Crippen molar-refractivity contribution < 1.29 is 9.53 Å². The van der Waals surface area contributed by atoms with Crippen molar-refractivity contribution in [2.24, 2.45) is 12.8 Å². The van der Waals surface area contributed by atoms with Gasteiger partial charge in [-0.2, -0.15) is 5.10 Å². The third kappa shape index (κ3) is 3.71. The summed E-state index contributed by atoms with van der Waals surface area (Å²) < 4.78 is 6.49. The van der Waals surface area contributed by atoms with Gasteiger partial charge in [-0.15, -0.1) is 0 Å². The van der Waals surface area contributed by atoms with Gasteiger partial charge in [-0.25, -0.2) is 4.98 Å². The quantitative estimate of drug-likeness (QED) is 0.644. The highest BCUT2D eigenvalue weighted by atomic mass is 16.5. The minimum atomic E-state index is -0.438. The van der Waals surface area contributed by atoms with Crippen LogP contribution in [0.1, 0.15) is 18.7 Å². The molecule has 0 aliphatic rings. The summed E-state index contributed by atoms with van der Waals surface area (Å²) in [6.45, 7) is 0.630. The fraction of sp³-hybridized carbons (Fsp3) is 0.700. The number of hydrogen-bond acceptors (Lipinski definition) is 5. The van der Waals surface area contributed by atoms with E-state index in [4.69, 9.17) is 10.5 Å². The molecule has 0 fully saturated rings. The predicted octanol–water partition coefficient (Wildman–Crippen LogP) is -0.319. The van der Waals surface area contributed by atoms with E-state index in [2.05, 4.69) is 10.1 Å². The minimum absolute atomic E-state index is 0.00722. The van der Waals surface area contributed by atoms with Gasteiger partial charge in [0.1, 0.15) is 12.2 Å². The van der Waals surface area contributed by atoms with E-state index in [-0.39, 0.29) is 12.2 Å². The van der Waals surface area contributed by atoms with E-state index >= 15 is 0 Å². The number of nitrogens with two attached hydrogens (primary N) is 1. The number of Topliss-reactive ketones (excluding diaryl/α,β-unsaturated/α-hetero) is 1. The Morgan fingerprint density at radius 1 is 1.69 bits per heavy atom. The molecule has 0 radical (unpaired) electrons. The third-order valence-electron chi connectivity index (χ3n) is 2.41. The molecular formula is C10H18N4O2. The SMILES string of the molecule is COCCCC(N)C(=O)Cc1ncnn1C. The molecule has 0 aliphatic heterocycles. The zero-order chi connectivity index (χ0) is 12.0. The van der Waals surface area contributed by atoms with Crippen LogP contribution in [0.4, 0.5) is 0 Å². The maximum atomic E-state index is 11.7. The number of ketones is 1. The Bertz CT molecular complexity index is 337. The molecule has 1 unspecified atom stereocenters. The number of carbonyl (C=O) groups excluding carboxylic acids is 1. The van der Waals surface area contributed by atoms with Crippen LogP contribution in [0.5, 0.6) is 0 Å². The van der Waals surface area contributed by atoms with Crippen molar-refractivity contribution in [2.45, 2.75) is 25.3 Å². The number of carbonyl (C=O) groups is 1. The van der Waals surface area contributed by atoms with Crippen LogP contribution in [0.25, 0.3) is 0 Å². The van der Waals surface area contributed by atoms with Crippen LogP contribution < -0.4 is 5.73 Å². The number of hydrogen-bond donors (Lipinski definition) is 1. The van der Waals surface area contributed by atoms with Gasteiger partial charge in [0.2, 0.25) is 0 Å². The number of rotatable bonds is 7. The summed E-state index contributed by atoms with van der Waals surface area (Å²) in [5, 5.41) is 3.90. The maximum absolute atomic E-state index is 11.7. The van der Waals surface area contributed by atoms with Crippen LogP contribution >= 0.6 is 0 Å². The number of ether oxygens (including phenoxy) is 1. The van der Waals surface area contributed by atoms with Gasteiger partial charge in [-0.05, 0) is 12.8 Å². The first-order valence-corrected chi connectivity index (χ1v) is 5.25. The first-order valence-electron chi connectivity index (χ1n) is 5.25. The molecule has 1 aromatic heterocycles. The van der Waals surface area contributed by atoms with Crippen molar-refractivity contribution in [1.29, 1.82) is 0 Å². The summed E-state index contributed by atoms with van der Waals surface area (Å²) >= 11 is 0. The first kappa shape index (κ1) is 12.8. The van der Waals surface area contributed by atoms with Crippen LogP contribution in [-0.4, -0.2) is 40.3 Å². The molecule has 0 aromatic carbocycles. The average Bonchev–Trinajstić information content (AvgIpc) is 2.64. The van der Waals surface area contributed by atoms with Gasteiger partial charge in [0, 0.05) is 20.8 Å². The zero-order valence-electron chi connectivity index (χ0n) is 9.72. The summed E-state index contributed by atoms with van der Waals surface area (Å²) in [5.74, 6) is 0.638. The van der Waals surface area contributed by atoms with E-state index in [1.54, 1.807) is 18.8 Å². The molecule has 6 nitrogen and oxygen atoms in total. The molecule has 1 rings (SSSR count). The molecule has 0 saturated heterocycles. The number of methoxy groups -OCH3 is 1. The average molecular weight is 226 g/mol. The lowest BCUT2D eigenvalue weighted by atomic mass is 10.1. The van der Waals surface area contributed by atoms with Crippen LogP contribution in [0.3, 0.4) is 0 Å². The number of aryl methyl sites for hydroxylation is 1. The Balaban J connectivity index is 2.37. The summed E-state index contributed by atoms with van der Waals surface area (Å²) in [6, 6.07) is -0.438. The summed E-state index contributed by atoms with van der Waals surface area (Å²) in [4.78, 5) is 15.7. The Kier molecular flexibility index (Phi) is 5.07. The second-order valence-corrected chi connectivity index (χ2v) is 3.68. The van der Waals surface area contributed by atoms with E-state index in [9.17, 15) is 4.79 Å². The Morgan fingerprint density at radius 2 is 2.44 bits per heavy atom. The highest BCUT2D eigenvalue weighted by Crippen LogP contribution is 2.01. The van der Waals surface area contributed by atoms with Crippen LogP contribution in [0.15, 0.2) is 6.33 Å². The van der Waals surface area contributed by atoms with Gasteiger partial charge in [-0.1, -0.05) is 0 Å². The number of aromatic nitrogens is 3. The molecule has 1 aromatic rings. The van der Waals surface area contributed by atoms with Crippen molar-refractivity contribution in [2.75, 3.05) is 13.7 Å². The Labute approximate surface area is 94.8 Å².